The number of carbonyl (C=O) groups excluding carboxylic acids is 1. The smallest absolute Gasteiger partial charge is 0.160 e. The predicted molar refractivity (Wildman–Crippen MR) is 71.6 cm³/mol. The number of nitrogens with one attached hydrogen (secondary N) is 1. The summed E-state index contributed by atoms with van der Waals surface area (Å²) in [5, 5.41) is 4.04. The zero-order valence-electron chi connectivity index (χ0n) is 9.30. The van der Waals surface area contributed by atoms with E-state index in [2.05, 4.69) is 5.32 Å². The average Bonchev–Trinajstić information content (AvgIpc) is 2.33. The largest absolute Gasteiger partial charge is 0.360 e. The fourth-order valence-electron chi connectivity index (χ4n) is 1.83. The van der Waals surface area contributed by atoms with Gasteiger partial charge < -0.3 is 5.32 Å². The van der Waals surface area contributed by atoms with E-state index in [9.17, 15) is 4.79 Å². The molecule has 0 aliphatic heterocycles. The summed E-state index contributed by atoms with van der Waals surface area (Å²) in [6, 6.07) is 5.38. The number of ketones is 1. The van der Waals surface area contributed by atoms with Crippen LogP contribution in [-0.2, 0) is 4.79 Å². The van der Waals surface area contributed by atoms with Crippen LogP contribution in [0, 0.1) is 0 Å². The topological polar surface area (TPSA) is 29.1 Å². The maximum Gasteiger partial charge on any atom is 0.160 e. The monoisotopic (exact) mass is 269 g/mol. The number of anilines is 1. The molecule has 0 spiro atoms. The number of hydrogen-bond acceptors (Lipinski definition) is 2. The molecule has 0 saturated heterocycles. The van der Waals surface area contributed by atoms with E-state index >= 15 is 0 Å². The Labute approximate surface area is 111 Å². The van der Waals surface area contributed by atoms with Gasteiger partial charge in [0.25, 0.3) is 0 Å². The van der Waals surface area contributed by atoms with Crippen molar-refractivity contribution in [3.63, 3.8) is 0 Å². The van der Waals surface area contributed by atoms with Gasteiger partial charge >= 0.3 is 0 Å². The Morgan fingerprint density at radius 1 is 1.18 bits per heavy atom. The number of Topliss-reactive ketones (excluding diaryl/α,β-unsaturated/α-hetero) is 1. The van der Waals surface area contributed by atoms with E-state index < -0.39 is 0 Å². The summed E-state index contributed by atoms with van der Waals surface area (Å²) >= 11 is 11.9. The van der Waals surface area contributed by atoms with Crippen LogP contribution in [0.15, 0.2) is 30.0 Å². The Morgan fingerprint density at radius 2 is 1.94 bits per heavy atom. The van der Waals surface area contributed by atoms with Gasteiger partial charge in [-0.2, -0.15) is 0 Å². The van der Waals surface area contributed by atoms with Gasteiger partial charge in [0.1, 0.15) is 0 Å². The third-order valence-corrected chi connectivity index (χ3v) is 3.63. The van der Waals surface area contributed by atoms with Crippen LogP contribution in [-0.4, -0.2) is 5.78 Å². The summed E-state index contributed by atoms with van der Waals surface area (Å²) in [6.45, 7) is 0. The van der Waals surface area contributed by atoms with Crippen LogP contribution in [0.3, 0.4) is 0 Å². The quantitative estimate of drug-likeness (QED) is 0.805. The molecular weight excluding hydrogens is 257 g/mol. The standard InChI is InChI=1S/C13H13Cl2NO/c14-10-5-3-6-11(13(10)15)16-8-9-4-1-2-7-12(9)17/h3,5-6,8,16H,1-2,4,7H2/b9-8-. The van der Waals surface area contributed by atoms with Gasteiger partial charge in [0, 0.05) is 18.2 Å². The van der Waals surface area contributed by atoms with E-state index in [4.69, 9.17) is 23.2 Å². The van der Waals surface area contributed by atoms with Crippen LogP contribution in [0.2, 0.25) is 10.0 Å². The molecule has 4 heteroatoms. The summed E-state index contributed by atoms with van der Waals surface area (Å²) < 4.78 is 0. The van der Waals surface area contributed by atoms with E-state index in [1.807, 2.05) is 12.1 Å². The highest BCUT2D eigenvalue weighted by molar-refractivity contribution is 6.43. The van der Waals surface area contributed by atoms with Crippen molar-refractivity contribution in [1.82, 2.24) is 0 Å². The molecule has 1 aromatic rings. The van der Waals surface area contributed by atoms with Crippen LogP contribution >= 0.6 is 23.2 Å². The van der Waals surface area contributed by atoms with Gasteiger partial charge in [0.2, 0.25) is 0 Å². The van der Waals surface area contributed by atoms with Crippen molar-refractivity contribution in [2.45, 2.75) is 25.7 Å². The SMILES string of the molecule is O=C1CCCC/C1=C/Nc1cccc(Cl)c1Cl. The molecule has 90 valence electrons. The zero-order chi connectivity index (χ0) is 12.3. The Balaban J connectivity index is 2.13. The van der Waals surface area contributed by atoms with Crippen LogP contribution in [0.4, 0.5) is 5.69 Å². The van der Waals surface area contributed by atoms with Crippen molar-refractivity contribution in [3.8, 4) is 0 Å². The van der Waals surface area contributed by atoms with Crippen LogP contribution in [0.25, 0.3) is 0 Å². The summed E-state index contributed by atoms with van der Waals surface area (Å²) in [6.07, 6.45) is 5.30. The normalized spacial score (nSPS) is 18.5. The van der Waals surface area contributed by atoms with Crippen molar-refractivity contribution in [2.24, 2.45) is 0 Å². The van der Waals surface area contributed by atoms with Crippen LogP contribution < -0.4 is 5.32 Å². The molecule has 0 heterocycles. The van der Waals surface area contributed by atoms with Gasteiger partial charge in [-0.15, -0.1) is 0 Å². The van der Waals surface area contributed by atoms with Crippen LogP contribution in [0.1, 0.15) is 25.7 Å². The second-order valence-electron chi connectivity index (χ2n) is 4.05. The van der Waals surface area contributed by atoms with Crippen molar-refractivity contribution < 1.29 is 4.79 Å². The first-order chi connectivity index (χ1) is 8.18. The van der Waals surface area contributed by atoms with Crippen LogP contribution in [0.5, 0.6) is 0 Å². The average molecular weight is 270 g/mol. The molecule has 0 bridgehead atoms. The minimum Gasteiger partial charge on any atom is -0.360 e. The number of halogens is 2. The molecule has 17 heavy (non-hydrogen) atoms. The molecule has 1 saturated carbocycles. The molecule has 1 aromatic carbocycles. The molecule has 1 aliphatic rings. The first-order valence-corrected chi connectivity index (χ1v) is 6.37. The summed E-state index contributed by atoms with van der Waals surface area (Å²) in [4.78, 5) is 11.6. The summed E-state index contributed by atoms with van der Waals surface area (Å²) in [5.74, 6) is 0.224. The van der Waals surface area contributed by atoms with Gasteiger partial charge in [-0.25, -0.2) is 0 Å². The molecule has 0 amide bonds. The highest BCUT2D eigenvalue weighted by atomic mass is 35.5. The lowest BCUT2D eigenvalue weighted by Crippen LogP contribution is -2.09. The maximum atomic E-state index is 11.6. The van der Waals surface area contributed by atoms with Gasteiger partial charge in [-0.05, 0) is 31.4 Å². The number of rotatable bonds is 2. The minimum atomic E-state index is 0.224. The summed E-state index contributed by atoms with van der Waals surface area (Å²) in [7, 11) is 0. The molecule has 1 fully saturated rings. The highest BCUT2D eigenvalue weighted by Crippen LogP contribution is 2.30. The Kier molecular flexibility index (Phi) is 4.08. The molecule has 1 aliphatic carbocycles. The summed E-state index contributed by atoms with van der Waals surface area (Å²) in [5.41, 5.74) is 1.57. The van der Waals surface area contributed by atoms with Crippen molar-refractivity contribution in [3.05, 3.63) is 40.0 Å². The molecule has 2 rings (SSSR count). The van der Waals surface area contributed by atoms with Gasteiger partial charge in [0.05, 0.1) is 15.7 Å². The fourth-order valence-corrected chi connectivity index (χ4v) is 2.19. The lowest BCUT2D eigenvalue weighted by molar-refractivity contribution is -0.116. The second kappa shape index (κ2) is 5.56. The lowest BCUT2D eigenvalue weighted by atomic mass is 9.94. The molecule has 0 radical (unpaired) electrons. The maximum absolute atomic E-state index is 11.6. The third kappa shape index (κ3) is 3.02. The number of allylic oxidation sites excluding steroid dienone is 1. The second-order valence-corrected chi connectivity index (χ2v) is 4.83. The first-order valence-electron chi connectivity index (χ1n) is 5.61. The number of hydrogen-bond donors (Lipinski definition) is 1. The Bertz CT molecular complexity index is 468. The minimum absolute atomic E-state index is 0.224. The number of benzene rings is 1. The fraction of sp³-hybridized carbons (Fsp3) is 0.308. The van der Waals surface area contributed by atoms with E-state index in [0.29, 0.717) is 16.5 Å². The van der Waals surface area contributed by atoms with E-state index in [1.165, 1.54) is 0 Å². The Hall–Kier alpha value is -0.990. The first kappa shape index (κ1) is 12.5. The van der Waals surface area contributed by atoms with E-state index in [-0.39, 0.29) is 5.78 Å². The molecule has 0 unspecified atom stereocenters. The molecular formula is C13H13Cl2NO. The molecule has 2 nitrogen and oxygen atoms in total. The number of carbonyl (C=O) groups is 1. The molecule has 0 aromatic heterocycles. The lowest BCUT2D eigenvalue weighted by Gasteiger charge is -2.13. The van der Waals surface area contributed by atoms with Gasteiger partial charge in [-0.1, -0.05) is 29.3 Å². The van der Waals surface area contributed by atoms with Crippen molar-refractivity contribution in [1.29, 1.82) is 0 Å². The highest BCUT2D eigenvalue weighted by Gasteiger charge is 2.14. The Morgan fingerprint density at radius 3 is 2.71 bits per heavy atom. The van der Waals surface area contributed by atoms with Gasteiger partial charge in [-0.3, -0.25) is 4.79 Å². The van der Waals surface area contributed by atoms with Crippen molar-refractivity contribution in [2.75, 3.05) is 5.32 Å². The van der Waals surface area contributed by atoms with E-state index in [0.717, 1.165) is 30.5 Å². The third-order valence-electron chi connectivity index (χ3n) is 2.81. The van der Waals surface area contributed by atoms with Gasteiger partial charge in [0.15, 0.2) is 5.78 Å². The molecule has 1 N–H and O–H groups in total. The van der Waals surface area contributed by atoms with E-state index in [1.54, 1.807) is 12.3 Å². The molecule has 0 atom stereocenters. The van der Waals surface area contributed by atoms with Crippen molar-refractivity contribution >= 4 is 34.7 Å². The predicted octanol–water partition coefficient (Wildman–Crippen LogP) is 4.43. The zero-order valence-corrected chi connectivity index (χ0v) is 10.8.